The molecule has 0 radical (unpaired) electrons. The van der Waals surface area contributed by atoms with Crippen LogP contribution < -0.4 is 14.2 Å². The van der Waals surface area contributed by atoms with Gasteiger partial charge in [0.2, 0.25) is 0 Å². The number of benzene rings is 3. The minimum absolute atomic E-state index is 0.224. The second-order valence-electron chi connectivity index (χ2n) is 8.45. The molecule has 186 valence electrons. The van der Waals surface area contributed by atoms with Gasteiger partial charge in [0.05, 0.1) is 37.1 Å². The Hall–Kier alpha value is -3.69. The van der Waals surface area contributed by atoms with Gasteiger partial charge in [-0.2, -0.15) is 0 Å². The standard InChI is InChI=1S/C27H24FNO6S/c1-32-22-6-3-15(10-20(22)27(31)33-2)9-16-13-35-23-7-5-18(12-19(23)26(16)30)34-14-25-29-21-11-17(28)4-8-24(21)36-25/h3-8,10-12,16,26,30H,9,13-14H2,1-2H3/t16-,26+/m1/s1. The first-order valence-corrected chi connectivity index (χ1v) is 12.1. The summed E-state index contributed by atoms with van der Waals surface area (Å²) in [6.07, 6.45) is -0.298. The lowest BCUT2D eigenvalue weighted by molar-refractivity contribution is 0.0504. The number of thiazole rings is 1. The summed E-state index contributed by atoms with van der Waals surface area (Å²) < 4.78 is 36.3. The van der Waals surface area contributed by atoms with Crippen LogP contribution in [0.25, 0.3) is 10.2 Å². The summed E-state index contributed by atoms with van der Waals surface area (Å²) in [5, 5.41) is 11.9. The van der Waals surface area contributed by atoms with Crippen LogP contribution in [-0.2, 0) is 17.8 Å². The largest absolute Gasteiger partial charge is 0.496 e. The molecule has 5 rings (SSSR count). The van der Waals surface area contributed by atoms with E-state index in [1.54, 1.807) is 36.4 Å². The zero-order valence-corrected chi connectivity index (χ0v) is 20.5. The maximum Gasteiger partial charge on any atom is 0.341 e. The van der Waals surface area contributed by atoms with Crippen LogP contribution in [0.1, 0.15) is 32.6 Å². The number of ether oxygens (including phenoxy) is 4. The summed E-state index contributed by atoms with van der Waals surface area (Å²) in [5.41, 5.74) is 2.42. The molecule has 3 aromatic carbocycles. The molecule has 0 fully saturated rings. The van der Waals surface area contributed by atoms with E-state index in [0.29, 0.717) is 46.9 Å². The number of aliphatic hydroxyl groups is 1. The molecule has 0 spiro atoms. The molecule has 0 amide bonds. The molecule has 2 atom stereocenters. The van der Waals surface area contributed by atoms with Crippen LogP contribution in [0.4, 0.5) is 4.39 Å². The Labute approximate surface area is 211 Å². The zero-order valence-electron chi connectivity index (χ0n) is 19.7. The van der Waals surface area contributed by atoms with E-state index in [9.17, 15) is 14.3 Å². The van der Waals surface area contributed by atoms with Crippen molar-refractivity contribution in [3.05, 3.63) is 82.1 Å². The predicted molar refractivity (Wildman–Crippen MR) is 132 cm³/mol. The highest BCUT2D eigenvalue weighted by molar-refractivity contribution is 7.18. The van der Waals surface area contributed by atoms with E-state index in [-0.39, 0.29) is 18.3 Å². The number of hydrogen-bond donors (Lipinski definition) is 1. The Balaban J connectivity index is 1.30. The van der Waals surface area contributed by atoms with Gasteiger partial charge in [-0.1, -0.05) is 6.07 Å². The van der Waals surface area contributed by atoms with Crippen molar-refractivity contribution in [2.45, 2.75) is 19.1 Å². The van der Waals surface area contributed by atoms with Gasteiger partial charge in [0.15, 0.2) is 0 Å². The number of esters is 1. The molecule has 4 aromatic rings. The van der Waals surface area contributed by atoms with Crippen LogP contribution in [0.15, 0.2) is 54.6 Å². The third kappa shape index (κ3) is 4.84. The molecule has 7 nitrogen and oxygen atoms in total. The van der Waals surface area contributed by atoms with Crippen molar-refractivity contribution in [3.63, 3.8) is 0 Å². The van der Waals surface area contributed by atoms with Gasteiger partial charge in [0.1, 0.15) is 40.2 Å². The van der Waals surface area contributed by atoms with Gasteiger partial charge in [-0.25, -0.2) is 14.2 Å². The third-order valence-corrected chi connectivity index (χ3v) is 7.13. The van der Waals surface area contributed by atoms with E-state index >= 15 is 0 Å². The second kappa shape index (κ2) is 10.1. The first kappa shape index (κ1) is 24.0. The number of halogens is 1. The second-order valence-corrected chi connectivity index (χ2v) is 9.57. The van der Waals surface area contributed by atoms with Crippen molar-refractivity contribution < 1.29 is 33.2 Å². The molecule has 9 heteroatoms. The summed E-state index contributed by atoms with van der Waals surface area (Å²) in [7, 11) is 2.81. The number of aliphatic hydroxyl groups excluding tert-OH is 1. The van der Waals surface area contributed by atoms with E-state index in [4.69, 9.17) is 18.9 Å². The molecule has 0 bridgehead atoms. The topological polar surface area (TPSA) is 87.1 Å². The summed E-state index contributed by atoms with van der Waals surface area (Å²) in [5.74, 6) is 0.558. The van der Waals surface area contributed by atoms with Crippen molar-refractivity contribution in [2.24, 2.45) is 5.92 Å². The average Bonchev–Trinajstić information content (AvgIpc) is 3.30. The number of carbonyl (C=O) groups excluding carboxylic acids is 1. The van der Waals surface area contributed by atoms with Gasteiger partial charge in [-0.15, -0.1) is 11.3 Å². The third-order valence-electron chi connectivity index (χ3n) is 6.12. The Bertz CT molecular complexity index is 1420. The Morgan fingerprint density at radius 1 is 1.17 bits per heavy atom. The fourth-order valence-corrected chi connectivity index (χ4v) is 5.16. The minimum Gasteiger partial charge on any atom is -0.496 e. The molecule has 0 unspecified atom stereocenters. The number of aromatic nitrogens is 1. The molecule has 1 aromatic heterocycles. The lowest BCUT2D eigenvalue weighted by Crippen LogP contribution is -2.27. The molecule has 0 aliphatic carbocycles. The maximum atomic E-state index is 13.4. The number of methoxy groups -OCH3 is 2. The van der Waals surface area contributed by atoms with Crippen molar-refractivity contribution in [1.29, 1.82) is 0 Å². The first-order valence-electron chi connectivity index (χ1n) is 11.3. The van der Waals surface area contributed by atoms with Gasteiger partial charge in [0.25, 0.3) is 0 Å². The van der Waals surface area contributed by atoms with Gasteiger partial charge in [-0.3, -0.25) is 0 Å². The van der Waals surface area contributed by atoms with Crippen LogP contribution in [0.5, 0.6) is 17.2 Å². The zero-order chi connectivity index (χ0) is 25.2. The summed E-state index contributed by atoms with van der Waals surface area (Å²) in [6.45, 7) is 0.554. The summed E-state index contributed by atoms with van der Waals surface area (Å²) in [6, 6.07) is 15.1. The molecule has 2 heterocycles. The van der Waals surface area contributed by atoms with E-state index in [2.05, 4.69) is 4.98 Å². The molecular weight excluding hydrogens is 485 g/mol. The number of hydrogen-bond acceptors (Lipinski definition) is 8. The van der Waals surface area contributed by atoms with Gasteiger partial charge in [-0.05, 0) is 54.4 Å². The summed E-state index contributed by atoms with van der Waals surface area (Å²) >= 11 is 1.44. The SMILES string of the molecule is COC(=O)c1cc(C[C@@H]2COc3ccc(OCc4nc5cc(F)ccc5s4)cc3[C@H]2O)ccc1OC. The Morgan fingerprint density at radius 2 is 2.03 bits per heavy atom. The molecule has 1 aliphatic rings. The molecule has 1 N–H and O–H groups in total. The molecular formula is C27H24FNO6S. The van der Waals surface area contributed by atoms with Crippen LogP contribution >= 0.6 is 11.3 Å². The highest BCUT2D eigenvalue weighted by Crippen LogP contribution is 2.39. The monoisotopic (exact) mass is 509 g/mol. The molecule has 36 heavy (non-hydrogen) atoms. The number of fused-ring (bicyclic) bond motifs is 2. The average molecular weight is 510 g/mol. The van der Waals surface area contributed by atoms with Crippen LogP contribution in [0, 0.1) is 11.7 Å². The van der Waals surface area contributed by atoms with Gasteiger partial charge in [0, 0.05) is 17.5 Å². The fraction of sp³-hybridized carbons (Fsp3) is 0.259. The highest BCUT2D eigenvalue weighted by Gasteiger charge is 2.30. The highest BCUT2D eigenvalue weighted by atomic mass is 32.1. The lowest BCUT2D eigenvalue weighted by Gasteiger charge is -2.30. The Morgan fingerprint density at radius 3 is 2.83 bits per heavy atom. The fourth-order valence-electron chi connectivity index (χ4n) is 4.30. The van der Waals surface area contributed by atoms with E-state index in [1.807, 2.05) is 6.07 Å². The van der Waals surface area contributed by atoms with Gasteiger partial charge < -0.3 is 24.1 Å². The van der Waals surface area contributed by atoms with Crippen LogP contribution in [-0.4, -0.2) is 36.9 Å². The maximum absolute atomic E-state index is 13.4. The molecule has 0 saturated carbocycles. The van der Waals surface area contributed by atoms with Crippen LogP contribution in [0.2, 0.25) is 0 Å². The lowest BCUT2D eigenvalue weighted by atomic mass is 9.87. The minimum atomic E-state index is -0.786. The Kier molecular flexibility index (Phi) is 6.75. The van der Waals surface area contributed by atoms with Gasteiger partial charge >= 0.3 is 5.97 Å². The van der Waals surface area contributed by atoms with Crippen molar-refractivity contribution in [3.8, 4) is 17.2 Å². The molecule has 1 aliphatic heterocycles. The quantitative estimate of drug-likeness (QED) is 0.347. The van der Waals surface area contributed by atoms with E-state index < -0.39 is 12.1 Å². The number of rotatable bonds is 7. The number of carbonyl (C=O) groups is 1. The van der Waals surface area contributed by atoms with E-state index in [0.717, 1.165) is 15.3 Å². The smallest absolute Gasteiger partial charge is 0.341 e. The normalized spacial score (nSPS) is 16.8. The van der Waals surface area contributed by atoms with Crippen molar-refractivity contribution >= 4 is 27.5 Å². The van der Waals surface area contributed by atoms with Crippen LogP contribution in [0.3, 0.4) is 0 Å². The van der Waals surface area contributed by atoms with E-state index in [1.165, 1.54) is 37.7 Å². The summed E-state index contributed by atoms with van der Waals surface area (Å²) in [4.78, 5) is 16.5. The predicted octanol–water partition coefficient (Wildman–Crippen LogP) is 5.09. The number of nitrogens with zero attached hydrogens (tertiary/aromatic N) is 1. The molecule has 0 saturated heterocycles. The van der Waals surface area contributed by atoms with Crippen molar-refractivity contribution in [1.82, 2.24) is 4.98 Å². The first-order chi connectivity index (χ1) is 17.4. The van der Waals surface area contributed by atoms with Crippen molar-refractivity contribution in [2.75, 3.05) is 20.8 Å².